The van der Waals surface area contributed by atoms with Crippen LogP contribution < -0.4 is 0 Å². The molecular weight excluding hydrogens is 324 g/mol. The van der Waals surface area contributed by atoms with Crippen molar-refractivity contribution in [3.8, 4) is 0 Å². The molecule has 26 heavy (non-hydrogen) atoms. The van der Waals surface area contributed by atoms with Gasteiger partial charge < -0.3 is 10.4 Å². The van der Waals surface area contributed by atoms with Crippen molar-refractivity contribution in [3.63, 3.8) is 0 Å². The fraction of sp³-hybridized carbons (Fsp3) is 0.364. The zero-order chi connectivity index (χ0) is 19.8. The van der Waals surface area contributed by atoms with Crippen LogP contribution in [0.3, 0.4) is 0 Å². The van der Waals surface area contributed by atoms with E-state index in [1.807, 2.05) is 102 Å². The molecule has 0 aromatic heterocycles. The molecule has 0 saturated heterocycles. The Morgan fingerprint density at radius 1 is 0.577 bits per heavy atom. The molecule has 2 N–H and O–H groups in total. The van der Waals surface area contributed by atoms with Crippen molar-refractivity contribution in [2.45, 2.75) is 41.5 Å². The maximum atomic E-state index is 8.90. The molecule has 0 amide bonds. The SMILES string of the molecule is CC(C)(C)C(=NO)c1ccccc1.CC(C)(C)C(=NO)c1ccccc1. The van der Waals surface area contributed by atoms with Crippen LogP contribution in [0.15, 0.2) is 71.0 Å². The van der Waals surface area contributed by atoms with Gasteiger partial charge in [0.25, 0.3) is 0 Å². The van der Waals surface area contributed by atoms with Crippen molar-refractivity contribution >= 4 is 11.4 Å². The first-order valence-corrected chi connectivity index (χ1v) is 8.67. The van der Waals surface area contributed by atoms with Gasteiger partial charge in [-0.25, -0.2) is 0 Å². The minimum atomic E-state index is -0.129. The Kier molecular flexibility index (Phi) is 7.56. The first-order chi connectivity index (χ1) is 12.1. The normalized spacial score (nSPS) is 13.0. The maximum Gasteiger partial charge on any atom is 0.0921 e. The highest BCUT2D eigenvalue weighted by molar-refractivity contribution is 6.04. The van der Waals surface area contributed by atoms with Crippen molar-refractivity contribution in [1.29, 1.82) is 0 Å². The number of rotatable bonds is 2. The monoisotopic (exact) mass is 354 g/mol. The summed E-state index contributed by atoms with van der Waals surface area (Å²) >= 11 is 0. The van der Waals surface area contributed by atoms with Crippen molar-refractivity contribution in [2.75, 3.05) is 0 Å². The topological polar surface area (TPSA) is 65.2 Å². The number of oxime groups is 2. The minimum absolute atomic E-state index is 0.129. The molecule has 0 aliphatic rings. The standard InChI is InChI=1S/2C11H15NO/c2*1-11(2,3)10(12-13)9-7-5-4-6-8-9/h2*4-8,13H,1-3H3. The lowest BCUT2D eigenvalue weighted by atomic mass is 9.86. The Morgan fingerprint density at radius 3 is 1.04 bits per heavy atom. The Balaban J connectivity index is 0.000000260. The highest BCUT2D eigenvalue weighted by atomic mass is 16.4. The maximum absolute atomic E-state index is 8.90. The van der Waals surface area contributed by atoms with Gasteiger partial charge in [-0.1, -0.05) is 113 Å². The van der Waals surface area contributed by atoms with E-state index in [0.29, 0.717) is 11.4 Å². The summed E-state index contributed by atoms with van der Waals surface area (Å²) in [6.07, 6.45) is 0. The van der Waals surface area contributed by atoms with Gasteiger partial charge in [-0.05, 0) is 11.1 Å². The van der Waals surface area contributed by atoms with E-state index in [1.165, 1.54) is 0 Å². The predicted molar refractivity (Wildman–Crippen MR) is 108 cm³/mol. The third kappa shape index (κ3) is 6.36. The van der Waals surface area contributed by atoms with E-state index in [0.717, 1.165) is 11.1 Å². The summed E-state index contributed by atoms with van der Waals surface area (Å²) in [7, 11) is 0. The van der Waals surface area contributed by atoms with Crippen molar-refractivity contribution in [2.24, 2.45) is 21.1 Å². The molecule has 140 valence electrons. The van der Waals surface area contributed by atoms with Gasteiger partial charge in [0.1, 0.15) is 0 Å². The van der Waals surface area contributed by atoms with Crippen molar-refractivity contribution in [3.05, 3.63) is 71.8 Å². The number of hydrogen-bond donors (Lipinski definition) is 2. The molecular formula is C22H30N2O2. The summed E-state index contributed by atoms with van der Waals surface area (Å²) in [5.74, 6) is 0. The summed E-state index contributed by atoms with van der Waals surface area (Å²) in [6.45, 7) is 12.1. The second-order valence-corrected chi connectivity index (χ2v) is 8.13. The van der Waals surface area contributed by atoms with E-state index in [4.69, 9.17) is 10.4 Å². The van der Waals surface area contributed by atoms with Crippen LogP contribution >= 0.6 is 0 Å². The molecule has 0 radical (unpaired) electrons. The van der Waals surface area contributed by atoms with Crippen LogP contribution in [0, 0.1) is 10.8 Å². The van der Waals surface area contributed by atoms with Gasteiger partial charge in [-0.15, -0.1) is 0 Å². The van der Waals surface area contributed by atoms with Gasteiger partial charge >= 0.3 is 0 Å². The molecule has 0 saturated carbocycles. The number of benzene rings is 2. The molecule has 0 unspecified atom stereocenters. The van der Waals surface area contributed by atoms with E-state index >= 15 is 0 Å². The van der Waals surface area contributed by atoms with Gasteiger partial charge in [-0.2, -0.15) is 0 Å². The number of nitrogens with zero attached hydrogens (tertiary/aromatic N) is 2. The molecule has 0 atom stereocenters. The summed E-state index contributed by atoms with van der Waals surface area (Å²) in [5.41, 5.74) is 3.11. The molecule has 2 aromatic carbocycles. The molecule has 0 spiro atoms. The summed E-state index contributed by atoms with van der Waals surface area (Å²) in [4.78, 5) is 0. The Labute approximate surface area is 156 Å². The van der Waals surface area contributed by atoms with Gasteiger partial charge in [0.15, 0.2) is 0 Å². The Hall–Kier alpha value is -2.62. The van der Waals surface area contributed by atoms with E-state index in [2.05, 4.69) is 10.3 Å². The van der Waals surface area contributed by atoms with Crippen LogP contribution in [0.1, 0.15) is 52.7 Å². The molecule has 0 fully saturated rings. The van der Waals surface area contributed by atoms with E-state index < -0.39 is 0 Å². The molecule has 4 nitrogen and oxygen atoms in total. The lowest BCUT2D eigenvalue weighted by Gasteiger charge is -2.19. The summed E-state index contributed by atoms with van der Waals surface area (Å²) < 4.78 is 0. The molecule has 0 aliphatic carbocycles. The van der Waals surface area contributed by atoms with Gasteiger partial charge in [0.05, 0.1) is 11.4 Å². The zero-order valence-electron chi connectivity index (χ0n) is 16.6. The fourth-order valence-corrected chi connectivity index (χ4v) is 2.47. The first-order valence-electron chi connectivity index (χ1n) is 8.67. The highest BCUT2D eigenvalue weighted by Crippen LogP contribution is 2.22. The van der Waals surface area contributed by atoms with Gasteiger partial charge in [0, 0.05) is 10.8 Å². The molecule has 4 heteroatoms. The van der Waals surface area contributed by atoms with Crippen LogP contribution in [0.4, 0.5) is 0 Å². The smallest absolute Gasteiger partial charge is 0.0921 e. The van der Waals surface area contributed by atoms with Crippen LogP contribution in [-0.2, 0) is 0 Å². The first kappa shape index (κ1) is 21.4. The molecule has 0 aliphatic heterocycles. The van der Waals surface area contributed by atoms with Crippen molar-refractivity contribution < 1.29 is 10.4 Å². The van der Waals surface area contributed by atoms with Crippen LogP contribution in [0.25, 0.3) is 0 Å². The lowest BCUT2D eigenvalue weighted by molar-refractivity contribution is 0.311. The minimum Gasteiger partial charge on any atom is -0.411 e. The third-order valence-electron chi connectivity index (χ3n) is 3.72. The van der Waals surface area contributed by atoms with E-state index in [-0.39, 0.29) is 10.8 Å². The largest absolute Gasteiger partial charge is 0.411 e. The second-order valence-electron chi connectivity index (χ2n) is 8.13. The quantitative estimate of drug-likeness (QED) is 0.405. The van der Waals surface area contributed by atoms with Crippen LogP contribution in [-0.4, -0.2) is 21.8 Å². The number of hydrogen-bond acceptors (Lipinski definition) is 4. The lowest BCUT2D eigenvalue weighted by Crippen LogP contribution is -2.21. The predicted octanol–water partition coefficient (Wildman–Crippen LogP) is 5.82. The highest BCUT2D eigenvalue weighted by Gasteiger charge is 2.21. The summed E-state index contributed by atoms with van der Waals surface area (Å²) in [5, 5.41) is 24.5. The van der Waals surface area contributed by atoms with Crippen molar-refractivity contribution in [1.82, 2.24) is 0 Å². The second kappa shape index (κ2) is 9.18. The fourth-order valence-electron chi connectivity index (χ4n) is 2.47. The zero-order valence-corrected chi connectivity index (χ0v) is 16.6. The molecule has 2 rings (SSSR count). The summed E-state index contributed by atoms with van der Waals surface area (Å²) in [6, 6.07) is 19.4. The third-order valence-corrected chi connectivity index (χ3v) is 3.72. The molecule has 0 bridgehead atoms. The molecule has 2 aromatic rings. The van der Waals surface area contributed by atoms with Crippen LogP contribution in [0.5, 0.6) is 0 Å². The van der Waals surface area contributed by atoms with Crippen LogP contribution in [0.2, 0.25) is 0 Å². The van der Waals surface area contributed by atoms with Gasteiger partial charge in [-0.3, -0.25) is 0 Å². The Bertz CT molecular complexity index is 657. The van der Waals surface area contributed by atoms with E-state index in [1.54, 1.807) is 0 Å². The van der Waals surface area contributed by atoms with Gasteiger partial charge in [0.2, 0.25) is 0 Å². The molecule has 0 heterocycles. The average molecular weight is 354 g/mol. The average Bonchev–Trinajstić information content (AvgIpc) is 2.56. The Morgan fingerprint density at radius 2 is 0.846 bits per heavy atom. The van der Waals surface area contributed by atoms with E-state index in [9.17, 15) is 0 Å².